The van der Waals surface area contributed by atoms with Gasteiger partial charge in [0.2, 0.25) is 0 Å². The van der Waals surface area contributed by atoms with Crippen LogP contribution in [0, 0.1) is 29.6 Å². The van der Waals surface area contributed by atoms with Crippen molar-refractivity contribution in [2.45, 2.75) is 11.8 Å². The molecular weight excluding hydrogens is 432 g/mol. The zero-order valence-corrected chi connectivity index (χ0v) is 17.1. The third-order valence-electron chi connectivity index (χ3n) is 3.15. The molecule has 0 saturated heterocycles. The maximum absolute atomic E-state index is 8.93. The maximum Gasteiger partial charge on any atom is 0.150 e. The summed E-state index contributed by atoms with van der Waals surface area (Å²) in [5.41, 5.74) is 1.91. The number of hydrogen-bond acceptors (Lipinski definition) is 4. The zero-order chi connectivity index (χ0) is 19.3. The summed E-state index contributed by atoms with van der Waals surface area (Å²) < 4.78 is 0. The molecule has 0 fully saturated rings. The van der Waals surface area contributed by atoms with Gasteiger partial charge in [0.15, 0.2) is 10.3 Å². The van der Waals surface area contributed by atoms with Crippen molar-refractivity contribution in [1.82, 2.24) is 4.98 Å². The summed E-state index contributed by atoms with van der Waals surface area (Å²) in [4.78, 5) is 5.00. The Hall–Kier alpha value is -1.66. The minimum absolute atomic E-state index is 0.0294. The Morgan fingerprint density at radius 2 is 1.50 bits per heavy atom. The maximum atomic E-state index is 8.93. The fraction of sp³-hybridized carbons (Fsp3) is 0.0556. The van der Waals surface area contributed by atoms with Gasteiger partial charge in [-0.25, -0.2) is 4.98 Å². The monoisotopic (exact) mass is 439 g/mol. The van der Waals surface area contributed by atoms with Gasteiger partial charge in [-0.2, -0.15) is 10.5 Å². The smallest absolute Gasteiger partial charge is 0.150 e. The highest BCUT2D eigenvalue weighted by Crippen LogP contribution is 2.46. The molecule has 130 valence electrons. The van der Waals surface area contributed by atoms with Crippen molar-refractivity contribution in [2.75, 3.05) is 0 Å². The third kappa shape index (κ3) is 4.95. The largest absolute Gasteiger partial charge is 0.221 e. The van der Waals surface area contributed by atoms with Crippen LogP contribution in [-0.4, -0.2) is 4.98 Å². The van der Waals surface area contributed by atoms with Crippen LogP contribution < -0.4 is 0 Å². The minimum Gasteiger partial charge on any atom is -0.221 e. The molecule has 0 bridgehead atoms. The number of aryl methyl sites for hydroxylation is 1. The molecule has 0 radical (unpaired) electrons. The van der Waals surface area contributed by atoms with Crippen LogP contribution >= 0.6 is 58.2 Å². The summed E-state index contributed by atoms with van der Waals surface area (Å²) in [5, 5.41) is 18.3. The van der Waals surface area contributed by atoms with Gasteiger partial charge in [0, 0.05) is 4.91 Å². The van der Waals surface area contributed by atoms with E-state index in [2.05, 4.69) is 4.98 Å². The summed E-state index contributed by atoms with van der Waals surface area (Å²) in [6, 6.07) is 11.3. The van der Waals surface area contributed by atoms with E-state index in [-0.39, 0.29) is 25.9 Å². The van der Waals surface area contributed by atoms with Crippen LogP contribution in [0.3, 0.4) is 0 Å². The van der Waals surface area contributed by atoms with E-state index in [1.165, 1.54) is 17.8 Å². The number of rotatable bonds is 4. The Morgan fingerprint density at radius 3 is 2.00 bits per heavy atom. The SMILES string of the molecule is Cc1ccc(/C(=C\C=C(C#N)C#N)Sc2c(Cl)c(Cl)nc(Cl)c2Cl)cc1. The standard InChI is InChI=1S/C18H9Cl4N3S/c1-10-2-5-12(6-3-10)13(7-4-11(8-23)9-24)26-16-14(19)17(21)25-18(22)15(16)20/h2-7H,1H3/b13-7+. The predicted molar refractivity (Wildman–Crippen MR) is 109 cm³/mol. The molecule has 0 aliphatic carbocycles. The Labute approximate surface area is 175 Å². The van der Waals surface area contributed by atoms with Crippen molar-refractivity contribution in [3.63, 3.8) is 0 Å². The number of aromatic nitrogens is 1. The first-order chi connectivity index (χ1) is 12.4. The first-order valence-electron chi connectivity index (χ1n) is 7.04. The Balaban J connectivity index is 2.58. The molecule has 8 heteroatoms. The molecule has 0 N–H and O–H groups in total. The lowest BCUT2D eigenvalue weighted by Gasteiger charge is -2.12. The number of halogens is 4. The fourth-order valence-corrected chi connectivity index (χ4v) is 3.88. The van der Waals surface area contributed by atoms with E-state index in [0.717, 1.165) is 11.1 Å². The topological polar surface area (TPSA) is 60.5 Å². The third-order valence-corrected chi connectivity index (χ3v) is 6.05. The second kappa shape index (κ2) is 9.33. The van der Waals surface area contributed by atoms with Crippen molar-refractivity contribution in [2.24, 2.45) is 0 Å². The average Bonchev–Trinajstić information content (AvgIpc) is 2.63. The van der Waals surface area contributed by atoms with Gasteiger partial charge in [-0.3, -0.25) is 0 Å². The predicted octanol–water partition coefficient (Wildman–Crippen LogP) is 7.11. The zero-order valence-electron chi connectivity index (χ0n) is 13.2. The Bertz CT molecular complexity index is 941. The molecule has 0 atom stereocenters. The van der Waals surface area contributed by atoms with E-state index in [0.29, 0.717) is 9.80 Å². The highest BCUT2D eigenvalue weighted by atomic mass is 35.5. The molecule has 1 heterocycles. The molecule has 3 nitrogen and oxygen atoms in total. The quantitative estimate of drug-likeness (QED) is 0.220. The number of pyridine rings is 1. The number of benzene rings is 1. The summed E-state index contributed by atoms with van der Waals surface area (Å²) in [7, 11) is 0. The van der Waals surface area contributed by atoms with Gasteiger partial charge in [0.25, 0.3) is 0 Å². The first kappa shape index (κ1) is 20.6. The van der Waals surface area contributed by atoms with Crippen molar-refractivity contribution in [1.29, 1.82) is 10.5 Å². The molecule has 1 aromatic carbocycles. The van der Waals surface area contributed by atoms with E-state index >= 15 is 0 Å². The summed E-state index contributed by atoms with van der Waals surface area (Å²) in [6.45, 7) is 1.97. The normalized spacial score (nSPS) is 10.8. The van der Waals surface area contributed by atoms with Crippen LogP contribution in [-0.2, 0) is 0 Å². The summed E-state index contributed by atoms with van der Waals surface area (Å²) >= 11 is 25.7. The van der Waals surface area contributed by atoms with Crippen LogP contribution in [0.25, 0.3) is 4.91 Å². The molecule has 2 aromatic rings. The molecule has 0 aliphatic rings. The van der Waals surface area contributed by atoms with E-state index in [4.69, 9.17) is 56.9 Å². The van der Waals surface area contributed by atoms with Gasteiger partial charge >= 0.3 is 0 Å². The minimum atomic E-state index is -0.0294. The molecule has 1 aromatic heterocycles. The van der Waals surface area contributed by atoms with Gasteiger partial charge < -0.3 is 0 Å². The number of nitriles is 2. The molecule has 0 spiro atoms. The van der Waals surface area contributed by atoms with Crippen LogP contribution in [0.15, 0.2) is 46.9 Å². The number of hydrogen-bond donors (Lipinski definition) is 0. The molecule has 0 amide bonds. The van der Waals surface area contributed by atoms with E-state index in [1.807, 2.05) is 43.3 Å². The van der Waals surface area contributed by atoms with Gasteiger partial charge in [0.05, 0.1) is 14.9 Å². The van der Waals surface area contributed by atoms with Crippen molar-refractivity contribution in [3.05, 3.63) is 73.5 Å². The Kier molecular flexibility index (Phi) is 7.41. The fourth-order valence-electron chi connectivity index (χ4n) is 1.83. The van der Waals surface area contributed by atoms with E-state index < -0.39 is 0 Å². The van der Waals surface area contributed by atoms with Gasteiger partial charge in [-0.1, -0.05) is 88.0 Å². The van der Waals surface area contributed by atoms with Crippen LogP contribution in [0.1, 0.15) is 11.1 Å². The van der Waals surface area contributed by atoms with Gasteiger partial charge in [-0.15, -0.1) is 0 Å². The lowest BCUT2D eigenvalue weighted by Crippen LogP contribution is -1.88. The lowest BCUT2D eigenvalue weighted by molar-refractivity contribution is 1.26. The molecular formula is C18H9Cl4N3S. The van der Waals surface area contributed by atoms with Crippen molar-refractivity contribution < 1.29 is 0 Å². The van der Waals surface area contributed by atoms with Gasteiger partial charge in [0.1, 0.15) is 17.7 Å². The van der Waals surface area contributed by atoms with Crippen molar-refractivity contribution >= 4 is 63.1 Å². The Morgan fingerprint density at radius 1 is 0.962 bits per heavy atom. The second-order valence-corrected chi connectivity index (χ2v) is 7.48. The molecule has 0 aliphatic heterocycles. The van der Waals surface area contributed by atoms with Gasteiger partial charge in [-0.05, 0) is 24.6 Å². The highest BCUT2D eigenvalue weighted by molar-refractivity contribution is 8.08. The van der Waals surface area contributed by atoms with E-state index in [1.54, 1.807) is 6.08 Å². The lowest BCUT2D eigenvalue weighted by atomic mass is 10.1. The first-order valence-corrected chi connectivity index (χ1v) is 9.37. The average molecular weight is 441 g/mol. The van der Waals surface area contributed by atoms with Crippen LogP contribution in [0.4, 0.5) is 0 Å². The molecule has 26 heavy (non-hydrogen) atoms. The number of nitrogens with zero attached hydrogens (tertiary/aromatic N) is 3. The molecule has 2 rings (SSSR count). The highest BCUT2D eigenvalue weighted by Gasteiger charge is 2.18. The van der Waals surface area contributed by atoms with E-state index in [9.17, 15) is 0 Å². The second-order valence-electron chi connectivity index (χ2n) is 4.95. The van der Waals surface area contributed by atoms with Crippen LogP contribution in [0.5, 0.6) is 0 Å². The molecule has 0 unspecified atom stereocenters. The van der Waals surface area contributed by atoms with Crippen molar-refractivity contribution in [3.8, 4) is 12.1 Å². The van der Waals surface area contributed by atoms with Crippen LogP contribution in [0.2, 0.25) is 20.4 Å². The number of allylic oxidation sites excluding steroid dienone is 3. The summed E-state index contributed by atoms with van der Waals surface area (Å²) in [5.74, 6) is 0. The summed E-state index contributed by atoms with van der Waals surface area (Å²) in [6.07, 6.45) is 3.07. The molecule has 0 saturated carbocycles. The number of thioether (sulfide) groups is 1.